The summed E-state index contributed by atoms with van der Waals surface area (Å²) < 4.78 is 1.50. The Kier molecular flexibility index (Phi) is 21.1. The molecule has 0 aromatic heterocycles. The Morgan fingerprint density at radius 2 is 1.00 bits per heavy atom. The molecule has 0 rings (SSSR count). The summed E-state index contributed by atoms with van der Waals surface area (Å²) in [6.07, 6.45) is 17.5. The van der Waals surface area contributed by atoms with E-state index in [2.05, 4.69) is 28.5 Å². The predicted molar refractivity (Wildman–Crippen MR) is 99.3 cm³/mol. The fourth-order valence-corrected chi connectivity index (χ4v) is 5.24. The SMILES string of the molecule is CCCCSSCCCCCCCCCCC[CH2][SbH2]. The molecule has 0 heterocycles. The Morgan fingerprint density at radius 3 is 1.47 bits per heavy atom. The molecule has 19 heavy (non-hydrogen) atoms. The molecule has 0 radical (unpaired) electrons. The minimum atomic E-state index is 1.34. The first kappa shape index (κ1) is 20.5. The molecule has 0 atom stereocenters. The zero-order chi connectivity index (χ0) is 14.0. The number of rotatable bonds is 16. The van der Waals surface area contributed by atoms with Crippen molar-refractivity contribution in [1.82, 2.24) is 0 Å². The first-order chi connectivity index (χ1) is 9.41. The van der Waals surface area contributed by atoms with E-state index < -0.39 is 0 Å². The third kappa shape index (κ3) is 19.5. The Balaban J connectivity index is 2.88. The van der Waals surface area contributed by atoms with Gasteiger partial charge in [0.05, 0.1) is 0 Å². The molecule has 0 saturated heterocycles. The van der Waals surface area contributed by atoms with E-state index in [1.54, 1.807) is 0 Å². The molecule has 0 bridgehead atoms. The van der Waals surface area contributed by atoms with Crippen molar-refractivity contribution in [2.75, 3.05) is 11.5 Å². The van der Waals surface area contributed by atoms with Gasteiger partial charge in [0.25, 0.3) is 0 Å². The standard InChI is InChI=1S/C16H33S2.Sb.2H/c1-3-5-7-8-9-10-11-12-13-14-16-18-17-15-6-4-2;;;/h1,3-16H2,2H3;;;. The van der Waals surface area contributed by atoms with Crippen molar-refractivity contribution in [2.24, 2.45) is 0 Å². The maximum absolute atomic E-state index is 2.27. The van der Waals surface area contributed by atoms with Gasteiger partial charge in [-0.05, 0) is 6.42 Å². The zero-order valence-electron chi connectivity index (χ0n) is 13.0. The second kappa shape index (κ2) is 19.5. The van der Waals surface area contributed by atoms with Crippen molar-refractivity contribution in [3.8, 4) is 0 Å². The molecule has 0 spiro atoms. The topological polar surface area (TPSA) is 0 Å². The number of unbranched alkanes of at least 4 members (excludes halogenated alkanes) is 10. The van der Waals surface area contributed by atoms with E-state index in [9.17, 15) is 0 Å². The van der Waals surface area contributed by atoms with E-state index in [4.69, 9.17) is 0 Å². The summed E-state index contributed by atoms with van der Waals surface area (Å²) in [7, 11) is 4.17. The van der Waals surface area contributed by atoms with Crippen molar-refractivity contribution >= 4 is 44.6 Å². The molecule has 0 N–H and O–H groups in total. The van der Waals surface area contributed by atoms with E-state index in [1.165, 1.54) is 116 Å². The molecule has 0 saturated carbocycles. The van der Waals surface area contributed by atoms with Crippen molar-refractivity contribution in [3.05, 3.63) is 0 Å². The normalized spacial score (nSPS) is 11.1. The van der Waals surface area contributed by atoms with Gasteiger partial charge in [0.1, 0.15) is 0 Å². The van der Waals surface area contributed by atoms with Crippen LogP contribution < -0.4 is 0 Å². The van der Waals surface area contributed by atoms with Crippen LogP contribution in [0.4, 0.5) is 0 Å². The van der Waals surface area contributed by atoms with Crippen LogP contribution in [0.2, 0.25) is 4.37 Å². The summed E-state index contributed by atoms with van der Waals surface area (Å²) in [5.41, 5.74) is 0. The van der Waals surface area contributed by atoms with Crippen LogP contribution in [0.15, 0.2) is 0 Å². The van der Waals surface area contributed by atoms with Crippen LogP contribution in [-0.4, -0.2) is 34.5 Å². The predicted octanol–water partition coefficient (Wildman–Crippen LogP) is 6.12. The Bertz CT molecular complexity index is 138. The monoisotopic (exact) mass is 412 g/mol. The molecule has 0 aromatic rings. The molecule has 0 aliphatic heterocycles. The molecule has 0 aromatic carbocycles. The molecule has 0 aliphatic rings. The van der Waals surface area contributed by atoms with Crippen molar-refractivity contribution in [1.29, 1.82) is 0 Å². The number of hydrogen-bond acceptors (Lipinski definition) is 2. The van der Waals surface area contributed by atoms with Crippen molar-refractivity contribution < 1.29 is 0 Å². The fourth-order valence-electron chi connectivity index (χ4n) is 2.04. The first-order valence-electron chi connectivity index (χ1n) is 8.36. The molecular formula is C16H35S2Sb. The summed E-state index contributed by atoms with van der Waals surface area (Å²) in [5.74, 6) is 2.72. The van der Waals surface area contributed by atoms with Crippen molar-refractivity contribution in [3.63, 3.8) is 0 Å². The third-order valence-corrected chi connectivity index (χ3v) is 7.09. The molecule has 0 fully saturated rings. The van der Waals surface area contributed by atoms with Gasteiger partial charge in [-0.1, -0.05) is 34.9 Å². The van der Waals surface area contributed by atoms with Gasteiger partial charge in [-0.25, -0.2) is 0 Å². The molecule has 3 heteroatoms. The van der Waals surface area contributed by atoms with Gasteiger partial charge in [0, 0.05) is 5.75 Å². The summed E-state index contributed by atoms with van der Waals surface area (Å²) in [6, 6.07) is 0. The van der Waals surface area contributed by atoms with Crippen LogP contribution in [0.3, 0.4) is 0 Å². The third-order valence-electron chi connectivity index (χ3n) is 3.35. The van der Waals surface area contributed by atoms with Crippen LogP contribution in [0.25, 0.3) is 0 Å². The van der Waals surface area contributed by atoms with E-state index in [-0.39, 0.29) is 0 Å². The maximum atomic E-state index is 2.27. The van der Waals surface area contributed by atoms with Crippen LogP contribution in [0.5, 0.6) is 0 Å². The number of hydrogen-bond donors (Lipinski definition) is 0. The second-order valence-corrected chi connectivity index (χ2v) is 9.67. The summed E-state index contributed by atoms with van der Waals surface area (Å²) in [5, 5.41) is 0. The van der Waals surface area contributed by atoms with Gasteiger partial charge >= 0.3 is 97.4 Å². The van der Waals surface area contributed by atoms with Crippen LogP contribution >= 0.6 is 21.6 Å². The van der Waals surface area contributed by atoms with Crippen LogP contribution in [0.1, 0.15) is 84.0 Å². The molecule has 0 aliphatic carbocycles. The summed E-state index contributed by atoms with van der Waals surface area (Å²) >= 11 is 1.46. The molecule has 0 unspecified atom stereocenters. The Morgan fingerprint density at radius 1 is 0.579 bits per heavy atom. The van der Waals surface area contributed by atoms with Crippen LogP contribution in [0, 0.1) is 0 Å². The average Bonchev–Trinajstić information content (AvgIpc) is 2.43. The summed E-state index contributed by atoms with van der Waals surface area (Å²) in [4.78, 5) is 0. The first-order valence-corrected chi connectivity index (χ1v) is 13.2. The molecule has 0 amide bonds. The summed E-state index contributed by atoms with van der Waals surface area (Å²) in [6.45, 7) is 2.27. The Hall–Kier alpha value is 1.52. The fraction of sp³-hybridized carbons (Fsp3) is 1.00. The van der Waals surface area contributed by atoms with Gasteiger partial charge in [0.15, 0.2) is 0 Å². The van der Waals surface area contributed by atoms with Gasteiger partial charge < -0.3 is 0 Å². The van der Waals surface area contributed by atoms with E-state index in [0.717, 1.165) is 0 Å². The quantitative estimate of drug-likeness (QED) is 0.170. The Labute approximate surface area is 143 Å². The minimum absolute atomic E-state index is 1.34. The zero-order valence-corrected chi connectivity index (χ0v) is 17.9. The van der Waals surface area contributed by atoms with E-state index >= 15 is 0 Å². The van der Waals surface area contributed by atoms with Gasteiger partial charge in [0.2, 0.25) is 0 Å². The van der Waals surface area contributed by atoms with Gasteiger partial charge in [-0.3, -0.25) is 0 Å². The van der Waals surface area contributed by atoms with E-state index in [1.807, 2.05) is 0 Å². The van der Waals surface area contributed by atoms with Crippen molar-refractivity contribution in [2.45, 2.75) is 88.3 Å². The van der Waals surface area contributed by atoms with Crippen LogP contribution in [-0.2, 0) is 0 Å². The van der Waals surface area contributed by atoms with E-state index in [0.29, 0.717) is 0 Å². The van der Waals surface area contributed by atoms with Gasteiger partial charge in [-0.2, -0.15) is 0 Å². The molecule has 0 nitrogen and oxygen atoms in total. The average molecular weight is 413 g/mol. The molecular weight excluding hydrogens is 378 g/mol. The second-order valence-electron chi connectivity index (χ2n) is 5.32. The van der Waals surface area contributed by atoms with Gasteiger partial charge in [-0.15, -0.1) is 0 Å². The molecule has 116 valence electrons.